The quantitative estimate of drug-likeness (QED) is 0.713. The van der Waals surface area contributed by atoms with E-state index in [9.17, 15) is 9.59 Å². The van der Waals surface area contributed by atoms with Crippen LogP contribution in [0.25, 0.3) is 5.65 Å². The number of hydrogen-bond donors (Lipinski definition) is 0. The number of carbonyl (C=O) groups is 1. The van der Waals surface area contributed by atoms with Gasteiger partial charge in [0, 0.05) is 6.20 Å². The molecule has 1 amide bonds. The Bertz CT molecular complexity index is 975. The maximum absolute atomic E-state index is 12.8. The molecule has 1 atom stereocenters. The van der Waals surface area contributed by atoms with Crippen molar-refractivity contribution in [1.29, 1.82) is 0 Å². The number of amides is 1. The fourth-order valence-electron chi connectivity index (χ4n) is 2.91. The van der Waals surface area contributed by atoms with E-state index >= 15 is 0 Å². The largest absolute Gasteiger partial charge is 0.487 e. The third-order valence-electron chi connectivity index (χ3n) is 4.00. The second kappa shape index (κ2) is 5.52. The lowest BCUT2D eigenvalue weighted by molar-refractivity contribution is -0.119. The zero-order valence-electron chi connectivity index (χ0n) is 13.1. The van der Waals surface area contributed by atoms with Gasteiger partial charge in [0.1, 0.15) is 18.4 Å². The molecule has 1 aromatic carbocycles. The zero-order valence-corrected chi connectivity index (χ0v) is 13.1. The molecule has 4 rings (SSSR count). The van der Waals surface area contributed by atoms with Crippen LogP contribution in [0.2, 0.25) is 0 Å². The van der Waals surface area contributed by atoms with Crippen molar-refractivity contribution in [2.24, 2.45) is 0 Å². The highest BCUT2D eigenvalue weighted by atomic mass is 16.5. The number of carbonyl (C=O) groups excluding carboxylic acids is 1. The summed E-state index contributed by atoms with van der Waals surface area (Å²) in [6.45, 7) is 2.24. The Hall–Kier alpha value is -3.09. The summed E-state index contributed by atoms with van der Waals surface area (Å²) in [5, 5.41) is 4.21. The molecule has 122 valence electrons. The summed E-state index contributed by atoms with van der Waals surface area (Å²) in [7, 11) is 0. The molecule has 0 N–H and O–H groups in total. The molecule has 7 heteroatoms. The molecule has 0 radical (unpaired) electrons. The van der Waals surface area contributed by atoms with Gasteiger partial charge in [0.25, 0.3) is 0 Å². The van der Waals surface area contributed by atoms with Crippen LogP contribution >= 0.6 is 0 Å². The van der Waals surface area contributed by atoms with E-state index in [1.807, 2.05) is 31.2 Å². The van der Waals surface area contributed by atoms with Gasteiger partial charge in [0.2, 0.25) is 5.91 Å². The van der Waals surface area contributed by atoms with E-state index in [4.69, 9.17) is 4.74 Å². The minimum atomic E-state index is -0.325. The molecular weight excluding hydrogens is 308 g/mol. The lowest BCUT2D eigenvalue weighted by Crippen LogP contribution is -2.44. The van der Waals surface area contributed by atoms with Crippen molar-refractivity contribution in [3.8, 4) is 5.75 Å². The van der Waals surface area contributed by atoms with Crippen molar-refractivity contribution >= 4 is 17.2 Å². The molecule has 0 saturated carbocycles. The van der Waals surface area contributed by atoms with Crippen molar-refractivity contribution < 1.29 is 9.53 Å². The highest BCUT2D eigenvalue weighted by Gasteiger charge is 2.28. The van der Waals surface area contributed by atoms with E-state index in [-0.39, 0.29) is 24.2 Å². The third-order valence-corrected chi connectivity index (χ3v) is 4.00. The van der Waals surface area contributed by atoms with E-state index in [1.165, 1.54) is 9.08 Å². The van der Waals surface area contributed by atoms with Gasteiger partial charge in [0.05, 0.1) is 12.2 Å². The molecule has 0 spiro atoms. The maximum Gasteiger partial charge on any atom is 0.350 e. The highest BCUT2D eigenvalue weighted by Crippen LogP contribution is 2.33. The number of fused-ring (bicyclic) bond motifs is 2. The zero-order chi connectivity index (χ0) is 16.7. The van der Waals surface area contributed by atoms with Gasteiger partial charge in [-0.25, -0.2) is 9.48 Å². The average molecular weight is 324 g/mol. The Morgan fingerprint density at radius 1 is 1.25 bits per heavy atom. The van der Waals surface area contributed by atoms with E-state index in [0.717, 1.165) is 5.69 Å². The first kappa shape index (κ1) is 14.5. The van der Waals surface area contributed by atoms with Crippen LogP contribution in [-0.4, -0.2) is 32.7 Å². The first-order valence-corrected chi connectivity index (χ1v) is 7.74. The molecule has 1 aliphatic heterocycles. The predicted octanol–water partition coefficient (Wildman–Crippen LogP) is 1.31. The minimum absolute atomic E-state index is 0.110. The summed E-state index contributed by atoms with van der Waals surface area (Å²) >= 11 is 0. The summed E-state index contributed by atoms with van der Waals surface area (Å²) in [6.07, 6.45) is 1.53. The number of rotatable bonds is 2. The number of hydrogen-bond acceptors (Lipinski definition) is 4. The fourth-order valence-corrected chi connectivity index (χ4v) is 2.91. The molecular formula is C17H16N4O3. The molecule has 0 fully saturated rings. The van der Waals surface area contributed by atoms with Gasteiger partial charge >= 0.3 is 5.69 Å². The summed E-state index contributed by atoms with van der Waals surface area (Å²) in [4.78, 5) is 26.7. The summed E-state index contributed by atoms with van der Waals surface area (Å²) < 4.78 is 8.37. The van der Waals surface area contributed by atoms with Gasteiger partial charge < -0.3 is 9.64 Å². The highest BCUT2D eigenvalue weighted by molar-refractivity contribution is 5.95. The average Bonchev–Trinajstić information content (AvgIpc) is 2.90. The van der Waals surface area contributed by atoms with Gasteiger partial charge in [-0.15, -0.1) is 5.10 Å². The van der Waals surface area contributed by atoms with Crippen LogP contribution < -0.4 is 15.3 Å². The van der Waals surface area contributed by atoms with Gasteiger partial charge in [0.15, 0.2) is 5.65 Å². The standard InChI is InChI=1S/C17H16N4O3/c1-12-10-20(13-6-2-3-7-14(13)24-12)16(22)11-21-17(23)19-9-5-4-8-15(19)18-21/h2-9,12H,10-11H2,1H3. The number of pyridine rings is 1. The second-order valence-electron chi connectivity index (χ2n) is 5.77. The van der Waals surface area contributed by atoms with Gasteiger partial charge in [-0.3, -0.25) is 9.20 Å². The molecule has 7 nitrogen and oxygen atoms in total. The Balaban J connectivity index is 1.67. The van der Waals surface area contributed by atoms with Crippen molar-refractivity contribution in [3.05, 3.63) is 59.1 Å². The molecule has 1 aliphatic rings. The second-order valence-corrected chi connectivity index (χ2v) is 5.77. The van der Waals surface area contributed by atoms with Gasteiger partial charge in [-0.05, 0) is 31.2 Å². The number of ether oxygens (including phenoxy) is 1. The van der Waals surface area contributed by atoms with Crippen molar-refractivity contribution in [2.45, 2.75) is 19.6 Å². The van der Waals surface area contributed by atoms with Crippen molar-refractivity contribution in [2.75, 3.05) is 11.4 Å². The van der Waals surface area contributed by atoms with Crippen LogP contribution in [0.5, 0.6) is 5.75 Å². The molecule has 0 bridgehead atoms. The van der Waals surface area contributed by atoms with Crippen molar-refractivity contribution in [1.82, 2.24) is 14.2 Å². The van der Waals surface area contributed by atoms with E-state index in [0.29, 0.717) is 17.9 Å². The SMILES string of the molecule is CC1CN(C(=O)Cn2nc3ccccn3c2=O)c2ccccc2O1. The van der Waals surface area contributed by atoms with E-state index in [1.54, 1.807) is 29.3 Å². The Morgan fingerprint density at radius 3 is 2.88 bits per heavy atom. The van der Waals surface area contributed by atoms with Crippen LogP contribution in [0.4, 0.5) is 5.69 Å². The van der Waals surface area contributed by atoms with Gasteiger partial charge in [-0.2, -0.15) is 0 Å². The third kappa shape index (κ3) is 2.34. The number of anilines is 1. The van der Waals surface area contributed by atoms with Crippen LogP contribution in [-0.2, 0) is 11.3 Å². The summed E-state index contributed by atoms with van der Waals surface area (Å²) in [6, 6.07) is 12.7. The number of nitrogens with zero attached hydrogens (tertiary/aromatic N) is 4. The minimum Gasteiger partial charge on any atom is -0.487 e. The summed E-state index contributed by atoms with van der Waals surface area (Å²) in [5.41, 5.74) is 0.914. The normalized spacial score (nSPS) is 16.7. The number of aromatic nitrogens is 3. The van der Waals surface area contributed by atoms with E-state index in [2.05, 4.69) is 5.10 Å². The van der Waals surface area contributed by atoms with Crippen LogP contribution in [0.3, 0.4) is 0 Å². The van der Waals surface area contributed by atoms with Crippen LogP contribution in [0, 0.1) is 0 Å². The number of benzene rings is 1. The molecule has 0 aliphatic carbocycles. The Kier molecular flexibility index (Phi) is 3.34. The lowest BCUT2D eigenvalue weighted by atomic mass is 10.2. The monoisotopic (exact) mass is 324 g/mol. The number of para-hydroxylation sites is 2. The Morgan fingerprint density at radius 2 is 2.04 bits per heavy atom. The molecule has 2 aromatic heterocycles. The smallest absolute Gasteiger partial charge is 0.350 e. The van der Waals surface area contributed by atoms with E-state index < -0.39 is 0 Å². The first-order valence-electron chi connectivity index (χ1n) is 7.74. The predicted molar refractivity (Wildman–Crippen MR) is 88.3 cm³/mol. The first-order chi connectivity index (χ1) is 11.6. The van der Waals surface area contributed by atoms with Crippen molar-refractivity contribution in [3.63, 3.8) is 0 Å². The van der Waals surface area contributed by atoms with Gasteiger partial charge in [-0.1, -0.05) is 18.2 Å². The molecule has 0 saturated heterocycles. The lowest BCUT2D eigenvalue weighted by Gasteiger charge is -2.33. The molecule has 1 unspecified atom stereocenters. The topological polar surface area (TPSA) is 68.8 Å². The molecule has 3 aromatic rings. The molecule has 24 heavy (non-hydrogen) atoms. The van der Waals surface area contributed by atoms with Crippen LogP contribution in [0.15, 0.2) is 53.5 Å². The van der Waals surface area contributed by atoms with Crippen LogP contribution in [0.1, 0.15) is 6.92 Å². The summed E-state index contributed by atoms with van der Waals surface area (Å²) in [5.74, 6) is 0.482. The maximum atomic E-state index is 12.8. The fraction of sp³-hybridized carbons (Fsp3) is 0.235. The Labute approximate surface area is 137 Å². The molecule has 3 heterocycles.